The Kier molecular flexibility index (Phi) is 57.1. The average Bonchev–Trinajstić information content (AvgIpc) is 3.50. The van der Waals surface area contributed by atoms with E-state index in [-0.39, 0.29) is 25.7 Å². The lowest BCUT2D eigenvalue weighted by Gasteiger charge is -2.21. The van der Waals surface area contributed by atoms with Crippen molar-refractivity contribution in [3.8, 4) is 0 Å². The molecule has 0 spiro atoms. The lowest BCUT2D eigenvalue weighted by molar-refractivity contribution is -0.161. The van der Waals surface area contributed by atoms with Gasteiger partial charge in [0.1, 0.15) is 19.3 Å². The Hall–Kier alpha value is -1.94. The molecule has 6 atom stereocenters. The van der Waals surface area contributed by atoms with Crippen LogP contribution in [0.3, 0.4) is 0 Å². The first-order valence-electron chi connectivity index (χ1n) is 34.5. The van der Waals surface area contributed by atoms with Crippen molar-refractivity contribution in [1.29, 1.82) is 0 Å². The van der Waals surface area contributed by atoms with E-state index in [2.05, 4.69) is 41.5 Å². The van der Waals surface area contributed by atoms with Crippen LogP contribution in [0.2, 0.25) is 0 Å². The highest BCUT2D eigenvalue weighted by Crippen LogP contribution is 2.45. The fraction of sp³-hybridized carbons (Fsp3) is 0.939. The van der Waals surface area contributed by atoms with E-state index in [1.807, 2.05) is 0 Å². The molecule has 17 nitrogen and oxygen atoms in total. The van der Waals surface area contributed by atoms with Gasteiger partial charge >= 0.3 is 39.5 Å². The largest absolute Gasteiger partial charge is 0.472 e. The van der Waals surface area contributed by atoms with Gasteiger partial charge < -0.3 is 33.8 Å². The van der Waals surface area contributed by atoms with Crippen LogP contribution in [0.5, 0.6) is 0 Å². The fourth-order valence-corrected chi connectivity index (χ4v) is 11.4. The molecule has 0 bridgehead atoms. The Bertz CT molecular complexity index is 1670. The molecular weight excluding hydrogens is 1130 g/mol. The summed E-state index contributed by atoms with van der Waals surface area (Å²) >= 11 is 0. The van der Waals surface area contributed by atoms with Crippen LogP contribution in [0, 0.1) is 11.8 Å². The molecular formula is C66H128O17P2. The number of hydrogen-bond donors (Lipinski definition) is 3. The van der Waals surface area contributed by atoms with E-state index in [1.165, 1.54) is 141 Å². The van der Waals surface area contributed by atoms with Crippen molar-refractivity contribution in [2.75, 3.05) is 39.6 Å². The highest BCUT2D eigenvalue weighted by Gasteiger charge is 2.30. The van der Waals surface area contributed by atoms with E-state index in [9.17, 15) is 43.2 Å². The van der Waals surface area contributed by atoms with Crippen LogP contribution in [-0.2, 0) is 65.4 Å². The fourth-order valence-electron chi connectivity index (χ4n) is 9.85. The maximum absolute atomic E-state index is 13.0. The molecule has 0 aromatic heterocycles. The zero-order valence-corrected chi connectivity index (χ0v) is 56.7. The number of aliphatic hydroxyl groups is 1. The third kappa shape index (κ3) is 59.5. The van der Waals surface area contributed by atoms with Crippen LogP contribution in [0.4, 0.5) is 0 Å². The van der Waals surface area contributed by atoms with Crippen LogP contribution in [0.1, 0.15) is 330 Å². The van der Waals surface area contributed by atoms with Crippen molar-refractivity contribution < 1.29 is 80.2 Å². The van der Waals surface area contributed by atoms with Crippen molar-refractivity contribution in [1.82, 2.24) is 0 Å². The molecule has 0 radical (unpaired) electrons. The van der Waals surface area contributed by atoms with E-state index in [0.29, 0.717) is 25.7 Å². The lowest BCUT2D eigenvalue weighted by Crippen LogP contribution is -2.30. The number of carbonyl (C=O) groups excluding carboxylic acids is 4. The van der Waals surface area contributed by atoms with E-state index in [4.69, 9.17) is 37.0 Å². The second kappa shape index (κ2) is 58.4. The third-order valence-corrected chi connectivity index (χ3v) is 17.5. The number of aliphatic hydroxyl groups excluding tert-OH is 1. The van der Waals surface area contributed by atoms with Crippen molar-refractivity contribution >= 4 is 39.5 Å². The molecule has 0 aliphatic heterocycles. The molecule has 3 unspecified atom stereocenters. The van der Waals surface area contributed by atoms with Gasteiger partial charge in [-0.2, -0.15) is 0 Å². The summed E-state index contributed by atoms with van der Waals surface area (Å²) in [5.41, 5.74) is 0. The molecule has 0 rings (SSSR count). The van der Waals surface area contributed by atoms with Gasteiger partial charge in [0.05, 0.1) is 26.4 Å². The van der Waals surface area contributed by atoms with Gasteiger partial charge in [-0.1, -0.05) is 279 Å². The van der Waals surface area contributed by atoms with E-state index < -0.39 is 97.5 Å². The summed E-state index contributed by atoms with van der Waals surface area (Å²) in [6.45, 7) is 9.41. The predicted molar refractivity (Wildman–Crippen MR) is 340 cm³/mol. The number of esters is 4. The first kappa shape index (κ1) is 83.1. The highest BCUT2D eigenvalue weighted by molar-refractivity contribution is 7.47. The number of unbranched alkanes of at least 4 members (excludes halogenated alkanes) is 34. The summed E-state index contributed by atoms with van der Waals surface area (Å²) in [5, 5.41) is 10.5. The van der Waals surface area contributed by atoms with Gasteiger partial charge in [-0.25, -0.2) is 9.13 Å². The maximum atomic E-state index is 13.0. The molecule has 85 heavy (non-hydrogen) atoms. The van der Waals surface area contributed by atoms with Gasteiger partial charge in [-0.15, -0.1) is 0 Å². The predicted octanol–water partition coefficient (Wildman–Crippen LogP) is 18.4. The summed E-state index contributed by atoms with van der Waals surface area (Å²) < 4.78 is 68.0. The van der Waals surface area contributed by atoms with Crippen LogP contribution in [0.15, 0.2) is 0 Å². The first-order chi connectivity index (χ1) is 40.9. The van der Waals surface area contributed by atoms with Crippen molar-refractivity contribution in [2.24, 2.45) is 11.8 Å². The molecule has 0 fully saturated rings. The molecule has 0 saturated carbocycles. The second-order valence-electron chi connectivity index (χ2n) is 24.6. The first-order valence-corrected chi connectivity index (χ1v) is 37.5. The van der Waals surface area contributed by atoms with Crippen LogP contribution in [-0.4, -0.2) is 96.7 Å². The molecule has 0 saturated heterocycles. The Morgan fingerprint density at radius 3 is 0.894 bits per heavy atom. The summed E-state index contributed by atoms with van der Waals surface area (Å²) in [6.07, 6.45) is 41.8. The molecule has 0 aromatic rings. The van der Waals surface area contributed by atoms with Crippen molar-refractivity contribution in [3.63, 3.8) is 0 Å². The van der Waals surface area contributed by atoms with E-state index in [1.54, 1.807) is 0 Å². The molecule has 0 aromatic carbocycles. The summed E-state index contributed by atoms with van der Waals surface area (Å²) in [6, 6.07) is 0. The Balaban J connectivity index is 5.22. The smallest absolute Gasteiger partial charge is 0.462 e. The topological polar surface area (TPSA) is 237 Å². The Labute approximate surface area is 517 Å². The molecule has 3 N–H and O–H groups in total. The van der Waals surface area contributed by atoms with Gasteiger partial charge in [-0.3, -0.25) is 37.3 Å². The number of ether oxygens (including phenoxy) is 4. The number of phosphoric acid groups is 2. The Morgan fingerprint density at radius 2 is 0.600 bits per heavy atom. The van der Waals surface area contributed by atoms with E-state index in [0.717, 1.165) is 108 Å². The highest BCUT2D eigenvalue weighted by atomic mass is 31.2. The molecule has 0 aliphatic carbocycles. The van der Waals surface area contributed by atoms with E-state index >= 15 is 0 Å². The number of carbonyl (C=O) groups is 4. The van der Waals surface area contributed by atoms with Crippen LogP contribution < -0.4 is 0 Å². The molecule has 0 aliphatic rings. The minimum absolute atomic E-state index is 0.103. The molecule has 504 valence electrons. The number of hydrogen-bond acceptors (Lipinski definition) is 15. The van der Waals surface area contributed by atoms with Gasteiger partial charge in [-0.05, 0) is 37.5 Å². The normalized spacial score (nSPS) is 14.6. The third-order valence-electron chi connectivity index (χ3n) is 15.6. The van der Waals surface area contributed by atoms with Gasteiger partial charge in [0.25, 0.3) is 0 Å². The average molecular weight is 1260 g/mol. The Morgan fingerprint density at radius 1 is 0.341 bits per heavy atom. The quantitative estimate of drug-likeness (QED) is 0.0222. The zero-order chi connectivity index (χ0) is 62.9. The van der Waals surface area contributed by atoms with Crippen molar-refractivity contribution in [2.45, 2.75) is 349 Å². The van der Waals surface area contributed by atoms with Crippen LogP contribution in [0.25, 0.3) is 0 Å². The standard InChI is InChI=1S/C66H128O17P2/c1-7-10-12-14-16-18-19-20-21-22-23-24-25-31-38-44-50-65(70)82-61(54-77-64(69)49-43-37-30-27-26-28-34-40-46-58(4)5)56-80-84(72,73)78-52-60(67)53-79-85(74,75)81-57-62(55-76-63(68)48-42-36-29-17-15-13-11-8-2)83-66(71)51-45-39-33-32-35-41-47-59(6)9-3/h58-62,67H,7-57H2,1-6H3,(H,72,73)(H,74,75)/t59?,60-,61-,62-/m1/s1. The van der Waals surface area contributed by atoms with Crippen molar-refractivity contribution in [3.05, 3.63) is 0 Å². The monoisotopic (exact) mass is 1250 g/mol. The summed E-state index contributed by atoms with van der Waals surface area (Å²) in [4.78, 5) is 72.2. The molecule has 0 heterocycles. The number of phosphoric ester groups is 2. The SMILES string of the molecule is CCCCCCCCCCCCCCCCCCC(=O)O[C@H](COC(=O)CCCCCCCCCCC(C)C)COP(=O)(O)OC[C@@H](O)COP(=O)(O)OC[C@@H](COC(=O)CCCCCCCCCC)OC(=O)CCCCCCCCC(C)CC. The number of rotatable bonds is 65. The van der Waals surface area contributed by atoms with Gasteiger partial charge in [0, 0.05) is 25.7 Å². The van der Waals surface area contributed by atoms with Gasteiger partial charge in [0.2, 0.25) is 0 Å². The summed E-state index contributed by atoms with van der Waals surface area (Å²) in [7, 11) is -9.89. The molecule has 0 amide bonds. The maximum Gasteiger partial charge on any atom is 0.472 e. The van der Waals surface area contributed by atoms with Crippen LogP contribution >= 0.6 is 15.6 Å². The minimum Gasteiger partial charge on any atom is -0.462 e. The zero-order valence-electron chi connectivity index (χ0n) is 54.9. The second-order valence-corrected chi connectivity index (χ2v) is 27.5. The minimum atomic E-state index is -4.95. The summed E-state index contributed by atoms with van der Waals surface area (Å²) in [5.74, 6) is -0.688. The van der Waals surface area contributed by atoms with Gasteiger partial charge in [0.15, 0.2) is 12.2 Å². The molecule has 19 heteroatoms. The lowest BCUT2D eigenvalue weighted by atomic mass is 10.00.